The van der Waals surface area contributed by atoms with Crippen LogP contribution in [-0.4, -0.2) is 24.1 Å². The minimum absolute atomic E-state index is 0.0568. The van der Waals surface area contributed by atoms with Gasteiger partial charge in [-0.25, -0.2) is 0 Å². The minimum Gasteiger partial charge on any atom is -0.392 e. The van der Waals surface area contributed by atoms with Crippen LogP contribution in [0.4, 0.5) is 5.69 Å². The molecule has 0 bridgehead atoms. The van der Waals surface area contributed by atoms with Crippen LogP contribution in [0.3, 0.4) is 0 Å². The molecule has 0 spiro atoms. The maximum atomic E-state index is 12.7. The fourth-order valence-electron chi connectivity index (χ4n) is 3.01. The first-order valence-corrected chi connectivity index (χ1v) is 7.43. The summed E-state index contributed by atoms with van der Waals surface area (Å²) in [4.78, 5) is 12.7. The minimum atomic E-state index is -0.261. The predicted molar refractivity (Wildman–Crippen MR) is 80.4 cm³/mol. The second kappa shape index (κ2) is 6.86. The molecule has 20 heavy (non-hydrogen) atoms. The highest BCUT2D eigenvalue weighted by molar-refractivity contribution is 5.96. The first kappa shape index (κ1) is 15.0. The third kappa shape index (κ3) is 3.19. The molecular weight excluding hydrogens is 252 g/mol. The molecular formula is C16H24N2O2. The molecule has 1 amide bonds. The van der Waals surface area contributed by atoms with Crippen molar-refractivity contribution in [1.29, 1.82) is 0 Å². The second-order valence-corrected chi connectivity index (χ2v) is 5.55. The van der Waals surface area contributed by atoms with E-state index in [1.165, 1.54) is 0 Å². The third-order valence-electron chi connectivity index (χ3n) is 4.21. The van der Waals surface area contributed by atoms with Crippen molar-refractivity contribution < 1.29 is 9.90 Å². The quantitative estimate of drug-likeness (QED) is 0.773. The average molecular weight is 276 g/mol. The van der Waals surface area contributed by atoms with Gasteiger partial charge in [0.25, 0.3) is 0 Å². The maximum absolute atomic E-state index is 12.7. The van der Waals surface area contributed by atoms with E-state index in [-0.39, 0.29) is 17.9 Å². The second-order valence-electron chi connectivity index (χ2n) is 5.55. The molecule has 0 saturated carbocycles. The SMILES string of the molecule is CCCC1(C(=O)Nc2ccccc2CO)CCNCC1. The highest BCUT2D eigenvalue weighted by atomic mass is 16.3. The number of hydrogen-bond acceptors (Lipinski definition) is 3. The van der Waals surface area contributed by atoms with Gasteiger partial charge in [0, 0.05) is 11.3 Å². The predicted octanol–water partition coefficient (Wildman–Crippen LogP) is 2.29. The summed E-state index contributed by atoms with van der Waals surface area (Å²) < 4.78 is 0. The zero-order chi connectivity index (χ0) is 14.4. The van der Waals surface area contributed by atoms with Crippen molar-refractivity contribution in [3.05, 3.63) is 29.8 Å². The van der Waals surface area contributed by atoms with E-state index in [2.05, 4.69) is 17.6 Å². The number of aliphatic hydroxyl groups is 1. The summed E-state index contributed by atoms with van der Waals surface area (Å²) >= 11 is 0. The van der Waals surface area contributed by atoms with E-state index in [0.717, 1.165) is 50.0 Å². The molecule has 0 unspecified atom stereocenters. The molecule has 2 rings (SSSR count). The number of rotatable bonds is 5. The number of carbonyl (C=O) groups excluding carboxylic acids is 1. The van der Waals surface area contributed by atoms with Crippen LogP contribution in [0.15, 0.2) is 24.3 Å². The lowest BCUT2D eigenvalue weighted by atomic mass is 9.74. The highest BCUT2D eigenvalue weighted by Gasteiger charge is 2.38. The first-order chi connectivity index (χ1) is 9.72. The molecule has 4 heteroatoms. The lowest BCUT2D eigenvalue weighted by molar-refractivity contribution is -0.127. The van der Waals surface area contributed by atoms with Crippen LogP contribution in [-0.2, 0) is 11.4 Å². The third-order valence-corrected chi connectivity index (χ3v) is 4.21. The Balaban J connectivity index is 2.16. The van der Waals surface area contributed by atoms with E-state index in [9.17, 15) is 9.90 Å². The number of benzene rings is 1. The number of para-hydroxylation sites is 1. The van der Waals surface area contributed by atoms with Gasteiger partial charge in [-0.2, -0.15) is 0 Å². The Hall–Kier alpha value is -1.39. The van der Waals surface area contributed by atoms with Gasteiger partial charge in [0.2, 0.25) is 5.91 Å². The number of amides is 1. The van der Waals surface area contributed by atoms with E-state index < -0.39 is 0 Å². The van der Waals surface area contributed by atoms with Crippen LogP contribution in [0.25, 0.3) is 0 Å². The summed E-state index contributed by atoms with van der Waals surface area (Å²) in [7, 11) is 0. The fraction of sp³-hybridized carbons (Fsp3) is 0.562. The Morgan fingerprint density at radius 3 is 2.70 bits per heavy atom. The Morgan fingerprint density at radius 2 is 2.05 bits per heavy atom. The van der Waals surface area contributed by atoms with Gasteiger partial charge in [-0.1, -0.05) is 31.5 Å². The van der Waals surface area contributed by atoms with Crippen LogP contribution < -0.4 is 10.6 Å². The molecule has 0 atom stereocenters. The summed E-state index contributed by atoms with van der Waals surface area (Å²) in [6, 6.07) is 7.44. The number of piperidine rings is 1. The van der Waals surface area contributed by atoms with Crippen molar-refractivity contribution in [2.45, 2.75) is 39.2 Å². The fourth-order valence-corrected chi connectivity index (χ4v) is 3.01. The van der Waals surface area contributed by atoms with Crippen molar-refractivity contribution >= 4 is 11.6 Å². The van der Waals surface area contributed by atoms with E-state index in [1.54, 1.807) is 0 Å². The summed E-state index contributed by atoms with van der Waals surface area (Å²) in [6.45, 7) is 3.86. The molecule has 1 saturated heterocycles. The molecule has 0 radical (unpaired) electrons. The molecule has 1 aliphatic heterocycles. The molecule has 0 aliphatic carbocycles. The Labute approximate surface area is 120 Å². The van der Waals surface area contributed by atoms with Gasteiger partial charge in [0.05, 0.1) is 12.0 Å². The van der Waals surface area contributed by atoms with Crippen molar-refractivity contribution in [1.82, 2.24) is 5.32 Å². The summed E-state index contributed by atoms with van der Waals surface area (Å²) in [6.07, 6.45) is 3.69. The van der Waals surface area contributed by atoms with Crippen LogP contribution >= 0.6 is 0 Å². The van der Waals surface area contributed by atoms with Crippen LogP contribution in [0, 0.1) is 5.41 Å². The maximum Gasteiger partial charge on any atom is 0.230 e. The lowest BCUT2D eigenvalue weighted by Gasteiger charge is -2.36. The molecule has 3 N–H and O–H groups in total. The standard InChI is InChI=1S/C16H24N2O2/c1-2-7-16(8-10-17-11-9-16)15(20)18-14-6-4-3-5-13(14)12-19/h3-6,17,19H,2,7-12H2,1H3,(H,18,20). The number of anilines is 1. The van der Waals surface area contributed by atoms with Gasteiger partial charge in [-0.05, 0) is 38.4 Å². The molecule has 1 aromatic carbocycles. The van der Waals surface area contributed by atoms with E-state index in [1.807, 2.05) is 24.3 Å². The molecule has 1 heterocycles. The van der Waals surface area contributed by atoms with Crippen LogP contribution in [0.5, 0.6) is 0 Å². The average Bonchev–Trinajstić information content (AvgIpc) is 2.49. The van der Waals surface area contributed by atoms with Crippen molar-refractivity contribution in [3.8, 4) is 0 Å². The van der Waals surface area contributed by atoms with Crippen molar-refractivity contribution in [3.63, 3.8) is 0 Å². The Kier molecular flexibility index (Phi) is 5.15. The van der Waals surface area contributed by atoms with E-state index in [0.29, 0.717) is 0 Å². The topological polar surface area (TPSA) is 61.4 Å². The first-order valence-electron chi connectivity index (χ1n) is 7.43. The number of hydrogen-bond donors (Lipinski definition) is 3. The van der Waals surface area contributed by atoms with Gasteiger partial charge < -0.3 is 15.7 Å². The summed E-state index contributed by atoms with van der Waals surface area (Å²) in [5, 5.41) is 15.7. The highest BCUT2D eigenvalue weighted by Crippen LogP contribution is 2.35. The Bertz CT molecular complexity index is 448. The molecule has 1 aliphatic rings. The Morgan fingerprint density at radius 1 is 1.35 bits per heavy atom. The van der Waals surface area contributed by atoms with Gasteiger partial charge in [-0.15, -0.1) is 0 Å². The number of carbonyl (C=O) groups is 1. The number of aliphatic hydroxyl groups excluding tert-OH is 1. The van der Waals surface area contributed by atoms with Crippen molar-refractivity contribution in [2.24, 2.45) is 5.41 Å². The number of nitrogens with one attached hydrogen (secondary N) is 2. The van der Waals surface area contributed by atoms with E-state index >= 15 is 0 Å². The van der Waals surface area contributed by atoms with Crippen molar-refractivity contribution in [2.75, 3.05) is 18.4 Å². The molecule has 0 aromatic heterocycles. The van der Waals surface area contributed by atoms with Gasteiger partial charge in [0.1, 0.15) is 0 Å². The summed E-state index contributed by atoms with van der Waals surface area (Å²) in [5.41, 5.74) is 1.23. The molecule has 1 aromatic rings. The van der Waals surface area contributed by atoms with Gasteiger partial charge in [-0.3, -0.25) is 4.79 Å². The summed E-state index contributed by atoms with van der Waals surface area (Å²) in [5.74, 6) is 0.0988. The largest absolute Gasteiger partial charge is 0.392 e. The van der Waals surface area contributed by atoms with Crippen LogP contribution in [0.2, 0.25) is 0 Å². The monoisotopic (exact) mass is 276 g/mol. The van der Waals surface area contributed by atoms with Gasteiger partial charge in [0.15, 0.2) is 0 Å². The zero-order valence-corrected chi connectivity index (χ0v) is 12.1. The van der Waals surface area contributed by atoms with E-state index in [4.69, 9.17) is 0 Å². The molecule has 1 fully saturated rings. The normalized spacial score (nSPS) is 17.7. The molecule has 110 valence electrons. The van der Waals surface area contributed by atoms with Gasteiger partial charge >= 0.3 is 0 Å². The van der Waals surface area contributed by atoms with Crippen LogP contribution in [0.1, 0.15) is 38.2 Å². The smallest absolute Gasteiger partial charge is 0.230 e. The lowest BCUT2D eigenvalue weighted by Crippen LogP contribution is -2.45. The molecule has 4 nitrogen and oxygen atoms in total. The zero-order valence-electron chi connectivity index (χ0n) is 12.1.